The fourth-order valence-corrected chi connectivity index (χ4v) is 3.36. The number of amides is 1. The van der Waals surface area contributed by atoms with Crippen LogP contribution in [0, 0.1) is 0 Å². The molecule has 0 spiro atoms. The number of rotatable bonds is 2. The molecule has 1 saturated heterocycles. The Morgan fingerprint density at radius 1 is 1.17 bits per heavy atom. The highest BCUT2D eigenvalue weighted by Gasteiger charge is 2.44. The molecule has 1 amide bonds. The third kappa shape index (κ3) is 2.29. The third-order valence-electron chi connectivity index (χ3n) is 4.42. The molecule has 0 aliphatic carbocycles. The van der Waals surface area contributed by atoms with Gasteiger partial charge in [0.25, 0.3) is 5.91 Å². The van der Waals surface area contributed by atoms with Gasteiger partial charge in [-0.3, -0.25) is 19.7 Å². The van der Waals surface area contributed by atoms with Gasteiger partial charge < -0.3 is 5.32 Å². The average Bonchev–Trinajstić information content (AvgIpc) is 2.78. The van der Waals surface area contributed by atoms with E-state index in [1.165, 1.54) is 0 Å². The predicted octanol–water partition coefficient (Wildman–Crippen LogP) is 2.49. The highest BCUT2D eigenvalue weighted by atomic mass is 16.2. The summed E-state index contributed by atoms with van der Waals surface area (Å²) >= 11 is 0. The van der Waals surface area contributed by atoms with Gasteiger partial charge in [-0.2, -0.15) is 0 Å². The minimum atomic E-state index is -0.210. The number of benzene rings is 1. The monoisotopic (exact) mass is 318 g/mol. The van der Waals surface area contributed by atoms with E-state index in [0.717, 1.165) is 29.1 Å². The molecule has 2 aromatic rings. The van der Waals surface area contributed by atoms with Crippen LogP contribution in [0.3, 0.4) is 0 Å². The first-order valence-corrected chi connectivity index (χ1v) is 8.05. The number of allylic oxidation sites excluding steroid dienone is 1. The molecule has 0 bridgehead atoms. The highest BCUT2D eigenvalue weighted by molar-refractivity contribution is 6.53. The van der Waals surface area contributed by atoms with E-state index in [9.17, 15) is 4.79 Å². The maximum atomic E-state index is 13.1. The number of pyridine rings is 1. The lowest BCUT2D eigenvalue weighted by molar-refractivity contribution is -0.112. The SMILES string of the molecule is CC1=C2C(=NCCN1)C(=O)N(c1ccccc1)C2c1cccnc1. The number of hydrogen-bond donors (Lipinski definition) is 1. The van der Waals surface area contributed by atoms with Crippen LogP contribution in [0.4, 0.5) is 5.69 Å². The van der Waals surface area contributed by atoms with Crippen molar-refractivity contribution in [3.05, 3.63) is 71.7 Å². The van der Waals surface area contributed by atoms with Crippen LogP contribution >= 0.6 is 0 Å². The number of aromatic nitrogens is 1. The van der Waals surface area contributed by atoms with Crippen LogP contribution in [0.5, 0.6) is 0 Å². The van der Waals surface area contributed by atoms with Crippen LogP contribution in [0.15, 0.2) is 71.1 Å². The van der Waals surface area contributed by atoms with Crippen molar-refractivity contribution in [1.82, 2.24) is 10.3 Å². The zero-order valence-electron chi connectivity index (χ0n) is 13.4. The number of para-hydroxylation sites is 1. The van der Waals surface area contributed by atoms with E-state index in [4.69, 9.17) is 0 Å². The summed E-state index contributed by atoms with van der Waals surface area (Å²) in [5, 5.41) is 3.37. The van der Waals surface area contributed by atoms with Crippen LogP contribution in [-0.4, -0.2) is 29.7 Å². The number of fused-ring (bicyclic) bond motifs is 1. The maximum absolute atomic E-state index is 13.1. The first-order chi connectivity index (χ1) is 11.8. The van der Waals surface area contributed by atoms with Crippen molar-refractivity contribution < 1.29 is 4.79 Å². The van der Waals surface area contributed by atoms with E-state index < -0.39 is 0 Å². The predicted molar refractivity (Wildman–Crippen MR) is 93.9 cm³/mol. The smallest absolute Gasteiger partial charge is 0.277 e. The Morgan fingerprint density at radius 2 is 2.00 bits per heavy atom. The van der Waals surface area contributed by atoms with Crippen molar-refractivity contribution in [2.75, 3.05) is 18.0 Å². The van der Waals surface area contributed by atoms with Crippen molar-refractivity contribution in [1.29, 1.82) is 0 Å². The molecule has 4 rings (SSSR count). The molecule has 1 unspecified atom stereocenters. The molecule has 2 aliphatic heterocycles. The second kappa shape index (κ2) is 5.92. The first-order valence-electron chi connectivity index (χ1n) is 8.05. The standard InChI is InChI=1S/C19H18N4O/c1-13-16-17(22-11-10-21-13)19(24)23(15-7-3-2-4-8-15)18(16)14-6-5-9-20-12-14/h2-9,12,18,21H,10-11H2,1H3. The molecule has 5 nitrogen and oxygen atoms in total. The average molecular weight is 318 g/mol. The Hall–Kier alpha value is -2.95. The van der Waals surface area contributed by atoms with Crippen molar-refractivity contribution >= 4 is 17.3 Å². The number of hydrogen-bond acceptors (Lipinski definition) is 4. The fourth-order valence-electron chi connectivity index (χ4n) is 3.36. The second-order valence-electron chi connectivity index (χ2n) is 5.90. The molecule has 1 fully saturated rings. The zero-order chi connectivity index (χ0) is 16.5. The molecule has 1 aromatic carbocycles. The Balaban J connectivity index is 1.94. The quantitative estimate of drug-likeness (QED) is 0.925. The van der Waals surface area contributed by atoms with Gasteiger partial charge in [-0.25, -0.2) is 0 Å². The lowest BCUT2D eigenvalue weighted by Crippen LogP contribution is -2.30. The normalized spacial score (nSPS) is 20.4. The van der Waals surface area contributed by atoms with Crippen molar-refractivity contribution in [2.45, 2.75) is 13.0 Å². The summed E-state index contributed by atoms with van der Waals surface area (Å²) < 4.78 is 0. The van der Waals surface area contributed by atoms with Crippen LogP contribution in [0.25, 0.3) is 0 Å². The molecule has 3 heterocycles. The molecule has 5 heteroatoms. The van der Waals surface area contributed by atoms with E-state index in [0.29, 0.717) is 12.3 Å². The topological polar surface area (TPSA) is 57.6 Å². The number of aliphatic imine (C=N–C) groups is 1. The van der Waals surface area contributed by atoms with Gasteiger partial charge in [-0.1, -0.05) is 24.3 Å². The fraction of sp³-hybridized carbons (Fsp3) is 0.211. The highest BCUT2D eigenvalue weighted by Crippen LogP contribution is 2.40. The second-order valence-corrected chi connectivity index (χ2v) is 5.90. The molecule has 24 heavy (non-hydrogen) atoms. The lowest BCUT2D eigenvalue weighted by Gasteiger charge is -2.25. The van der Waals surface area contributed by atoms with Gasteiger partial charge in [0.2, 0.25) is 0 Å². The van der Waals surface area contributed by atoms with Gasteiger partial charge in [0.1, 0.15) is 5.71 Å². The van der Waals surface area contributed by atoms with Crippen molar-refractivity contribution in [2.24, 2.45) is 4.99 Å². The Labute approximate surface area is 140 Å². The van der Waals surface area contributed by atoms with Gasteiger partial charge in [0, 0.05) is 35.9 Å². The molecular weight excluding hydrogens is 300 g/mol. The van der Waals surface area contributed by atoms with Gasteiger partial charge in [0.15, 0.2) is 0 Å². The summed E-state index contributed by atoms with van der Waals surface area (Å²) in [7, 11) is 0. The van der Waals surface area contributed by atoms with E-state index >= 15 is 0 Å². The van der Waals surface area contributed by atoms with Crippen molar-refractivity contribution in [3.8, 4) is 0 Å². The zero-order valence-corrected chi connectivity index (χ0v) is 13.4. The van der Waals surface area contributed by atoms with E-state index in [1.807, 2.05) is 60.5 Å². The Kier molecular flexibility index (Phi) is 3.61. The molecule has 0 saturated carbocycles. The van der Waals surface area contributed by atoms with Crippen LogP contribution in [0.1, 0.15) is 18.5 Å². The molecule has 1 N–H and O–H groups in total. The lowest BCUT2D eigenvalue weighted by atomic mass is 9.98. The van der Waals surface area contributed by atoms with E-state index in [-0.39, 0.29) is 11.9 Å². The number of carbonyl (C=O) groups excluding carboxylic acids is 1. The Bertz CT molecular complexity index is 827. The van der Waals surface area contributed by atoms with Gasteiger partial charge >= 0.3 is 0 Å². The maximum Gasteiger partial charge on any atom is 0.277 e. The summed E-state index contributed by atoms with van der Waals surface area (Å²) in [6.45, 7) is 3.36. The summed E-state index contributed by atoms with van der Waals surface area (Å²) in [5.41, 5.74) is 4.38. The first kappa shape index (κ1) is 14.6. The van der Waals surface area contributed by atoms with E-state index in [2.05, 4.69) is 15.3 Å². The molecular formula is C19H18N4O. The van der Waals surface area contributed by atoms with Crippen LogP contribution in [-0.2, 0) is 4.79 Å². The van der Waals surface area contributed by atoms with Gasteiger partial charge in [0.05, 0.1) is 12.6 Å². The molecule has 1 aromatic heterocycles. The van der Waals surface area contributed by atoms with Gasteiger partial charge in [-0.05, 0) is 30.7 Å². The van der Waals surface area contributed by atoms with E-state index in [1.54, 1.807) is 6.20 Å². The van der Waals surface area contributed by atoms with Crippen molar-refractivity contribution in [3.63, 3.8) is 0 Å². The minimum absolute atomic E-state index is 0.0481. The summed E-state index contributed by atoms with van der Waals surface area (Å²) in [6, 6.07) is 13.4. The third-order valence-corrected chi connectivity index (χ3v) is 4.42. The number of nitrogens with one attached hydrogen (secondary N) is 1. The Morgan fingerprint density at radius 3 is 2.75 bits per heavy atom. The van der Waals surface area contributed by atoms with Gasteiger partial charge in [-0.15, -0.1) is 0 Å². The van der Waals surface area contributed by atoms with Crippen LogP contribution in [0.2, 0.25) is 0 Å². The summed E-state index contributed by atoms with van der Waals surface area (Å²) in [5.74, 6) is -0.0481. The minimum Gasteiger partial charge on any atom is -0.386 e. The summed E-state index contributed by atoms with van der Waals surface area (Å²) in [6.07, 6.45) is 3.57. The molecule has 1 atom stereocenters. The molecule has 0 radical (unpaired) electrons. The number of anilines is 1. The van der Waals surface area contributed by atoms with Crippen LogP contribution < -0.4 is 10.2 Å². The number of nitrogens with zero attached hydrogens (tertiary/aromatic N) is 3. The molecule has 2 aliphatic rings. The molecule has 120 valence electrons. The summed E-state index contributed by atoms with van der Waals surface area (Å²) in [4.78, 5) is 23.8. The largest absolute Gasteiger partial charge is 0.386 e. The number of carbonyl (C=O) groups is 1.